The topological polar surface area (TPSA) is 46.9 Å². The van der Waals surface area contributed by atoms with Crippen LogP contribution >= 0.6 is 11.6 Å². The largest absolute Gasteiger partial charge is 0.348 e. The molecule has 0 fully saturated rings. The fraction of sp³-hybridized carbons (Fsp3) is 0.231. The molecule has 31 heavy (non-hydrogen) atoms. The standard InChI is InChI=1S/C26H26ClN3O/c1-3-4-12-25-29-23-16-19(26(31)28-17-20-9-5-6-11-22(20)27)13-14-24(23)30(25)21-10-7-8-18(2)15-21/h5-11,13-16H,3-4,12,17H2,1-2H3,(H,28,31). The fourth-order valence-electron chi connectivity index (χ4n) is 3.75. The summed E-state index contributed by atoms with van der Waals surface area (Å²) in [5.74, 6) is 0.887. The second-order valence-electron chi connectivity index (χ2n) is 7.78. The van der Waals surface area contributed by atoms with Gasteiger partial charge in [0.15, 0.2) is 0 Å². The summed E-state index contributed by atoms with van der Waals surface area (Å²) in [6.07, 6.45) is 3.07. The van der Waals surface area contributed by atoms with E-state index in [1.54, 1.807) is 0 Å². The van der Waals surface area contributed by atoms with E-state index in [1.165, 1.54) is 5.56 Å². The van der Waals surface area contributed by atoms with Gasteiger partial charge in [-0.25, -0.2) is 4.98 Å². The van der Waals surface area contributed by atoms with Crippen LogP contribution in [0.5, 0.6) is 0 Å². The van der Waals surface area contributed by atoms with Crippen molar-refractivity contribution < 1.29 is 4.79 Å². The molecule has 0 unspecified atom stereocenters. The van der Waals surface area contributed by atoms with Crippen LogP contribution in [-0.2, 0) is 13.0 Å². The second kappa shape index (κ2) is 9.36. The van der Waals surface area contributed by atoms with Gasteiger partial charge in [0.1, 0.15) is 5.82 Å². The summed E-state index contributed by atoms with van der Waals surface area (Å²) in [4.78, 5) is 17.7. The molecule has 0 atom stereocenters. The predicted molar refractivity (Wildman–Crippen MR) is 127 cm³/mol. The molecule has 1 amide bonds. The van der Waals surface area contributed by atoms with E-state index < -0.39 is 0 Å². The summed E-state index contributed by atoms with van der Waals surface area (Å²) < 4.78 is 2.21. The minimum atomic E-state index is -0.137. The quantitative estimate of drug-likeness (QED) is 0.375. The average Bonchev–Trinajstić information content (AvgIpc) is 3.14. The predicted octanol–water partition coefficient (Wildman–Crippen LogP) is 6.26. The van der Waals surface area contributed by atoms with Gasteiger partial charge in [0.2, 0.25) is 0 Å². The molecule has 0 spiro atoms. The van der Waals surface area contributed by atoms with Gasteiger partial charge >= 0.3 is 0 Å². The maximum Gasteiger partial charge on any atom is 0.251 e. The molecular weight excluding hydrogens is 406 g/mol. The Morgan fingerprint density at radius 3 is 2.68 bits per heavy atom. The van der Waals surface area contributed by atoms with E-state index in [2.05, 4.69) is 48.0 Å². The lowest BCUT2D eigenvalue weighted by molar-refractivity contribution is 0.0951. The highest BCUT2D eigenvalue weighted by Gasteiger charge is 2.15. The van der Waals surface area contributed by atoms with Crippen molar-refractivity contribution in [1.82, 2.24) is 14.9 Å². The summed E-state index contributed by atoms with van der Waals surface area (Å²) in [6.45, 7) is 4.66. The number of nitrogens with zero attached hydrogens (tertiary/aromatic N) is 2. The Bertz CT molecular complexity index is 1230. The zero-order chi connectivity index (χ0) is 21.8. The summed E-state index contributed by atoms with van der Waals surface area (Å²) >= 11 is 6.20. The second-order valence-corrected chi connectivity index (χ2v) is 8.19. The van der Waals surface area contributed by atoms with E-state index in [9.17, 15) is 4.79 Å². The van der Waals surface area contributed by atoms with E-state index in [0.717, 1.165) is 47.4 Å². The van der Waals surface area contributed by atoms with Crippen LogP contribution in [0.4, 0.5) is 0 Å². The van der Waals surface area contributed by atoms with Crippen molar-refractivity contribution in [2.75, 3.05) is 0 Å². The van der Waals surface area contributed by atoms with Crippen molar-refractivity contribution in [3.8, 4) is 5.69 Å². The molecule has 0 saturated heterocycles. The molecule has 0 radical (unpaired) electrons. The number of amides is 1. The first-order valence-corrected chi connectivity index (χ1v) is 11.0. The SMILES string of the molecule is CCCCc1nc2cc(C(=O)NCc3ccccc3Cl)ccc2n1-c1cccc(C)c1. The number of imidazole rings is 1. The van der Waals surface area contributed by atoms with Gasteiger partial charge in [-0.15, -0.1) is 0 Å². The lowest BCUT2D eigenvalue weighted by atomic mass is 10.1. The van der Waals surface area contributed by atoms with Crippen LogP contribution in [0.3, 0.4) is 0 Å². The van der Waals surface area contributed by atoms with Crippen molar-refractivity contribution in [3.05, 3.63) is 94.3 Å². The third-order valence-corrected chi connectivity index (χ3v) is 5.77. The molecule has 0 bridgehead atoms. The molecule has 0 aliphatic heterocycles. The van der Waals surface area contributed by atoms with Crippen LogP contribution in [0.1, 0.15) is 47.1 Å². The van der Waals surface area contributed by atoms with Crippen molar-refractivity contribution >= 4 is 28.5 Å². The molecule has 158 valence electrons. The Morgan fingerprint density at radius 2 is 1.90 bits per heavy atom. The number of carbonyl (C=O) groups is 1. The lowest BCUT2D eigenvalue weighted by Crippen LogP contribution is -2.22. The number of fused-ring (bicyclic) bond motifs is 1. The molecule has 4 rings (SSSR count). The Kier molecular flexibility index (Phi) is 6.38. The highest BCUT2D eigenvalue weighted by atomic mass is 35.5. The van der Waals surface area contributed by atoms with Gasteiger partial charge < -0.3 is 5.32 Å². The van der Waals surface area contributed by atoms with E-state index in [0.29, 0.717) is 17.1 Å². The molecule has 1 N–H and O–H groups in total. The highest BCUT2D eigenvalue weighted by Crippen LogP contribution is 2.25. The summed E-state index contributed by atoms with van der Waals surface area (Å²) in [6, 6.07) is 21.7. The Balaban J connectivity index is 1.65. The third-order valence-electron chi connectivity index (χ3n) is 5.40. The molecular formula is C26H26ClN3O. The van der Waals surface area contributed by atoms with Gasteiger partial charge in [0.05, 0.1) is 11.0 Å². The van der Waals surface area contributed by atoms with Crippen LogP contribution in [0.2, 0.25) is 5.02 Å². The molecule has 0 saturated carbocycles. The number of unbranched alkanes of at least 4 members (excludes halogenated alkanes) is 1. The van der Waals surface area contributed by atoms with Gasteiger partial charge in [-0.1, -0.05) is 55.3 Å². The number of rotatable bonds is 7. The van der Waals surface area contributed by atoms with Crippen LogP contribution in [0.15, 0.2) is 66.7 Å². The first-order chi connectivity index (χ1) is 15.1. The number of carbonyl (C=O) groups excluding carboxylic acids is 1. The Hall–Kier alpha value is -3.11. The van der Waals surface area contributed by atoms with E-state index in [-0.39, 0.29) is 5.91 Å². The summed E-state index contributed by atoms with van der Waals surface area (Å²) in [7, 11) is 0. The van der Waals surface area contributed by atoms with Crippen molar-refractivity contribution in [3.63, 3.8) is 0 Å². The normalized spacial score (nSPS) is 11.1. The fourth-order valence-corrected chi connectivity index (χ4v) is 3.95. The van der Waals surface area contributed by atoms with Gasteiger partial charge in [-0.3, -0.25) is 9.36 Å². The Morgan fingerprint density at radius 1 is 1.06 bits per heavy atom. The van der Waals surface area contributed by atoms with Gasteiger partial charge in [0, 0.05) is 29.2 Å². The van der Waals surface area contributed by atoms with Crippen molar-refractivity contribution in [2.24, 2.45) is 0 Å². The lowest BCUT2D eigenvalue weighted by Gasteiger charge is -2.10. The minimum Gasteiger partial charge on any atom is -0.348 e. The highest BCUT2D eigenvalue weighted by molar-refractivity contribution is 6.31. The molecule has 4 aromatic rings. The van der Waals surface area contributed by atoms with Crippen LogP contribution in [0, 0.1) is 6.92 Å². The van der Waals surface area contributed by atoms with Gasteiger partial charge in [-0.2, -0.15) is 0 Å². The maximum atomic E-state index is 12.8. The third kappa shape index (κ3) is 4.64. The van der Waals surface area contributed by atoms with Crippen LogP contribution < -0.4 is 5.32 Å². The molecule has 0 aliphatic carbocycles. The molecule has 4 nitrogen and oxygen atoms in total. The van der Waals surface area contributed by atoms with E-state index in [1.807, 2.05) is 42.5 Å². The first kappa shape index (κ1) is 21.1. The molecule has 1 aromatic heterocycles. The van der Waals surface area contributed by atoms with Crippen LogP contribution in [0.25, 0.3) is 16.7 Å². The molecule has 1 heterocycles. The number of aromatic nitrogens is 2. The summed E-state index contributed by atoms with van der Waals surface area (Å²) in [5.41, 5.74) is 5.64. The number of hydrogen-bond donors (Lipinski definition) is 1. The minimum absolute atomic E-state index is 0.137. The zero-order valence-electron chi connectivity index (χ0n) is 17.9. The smallest absolute Gasteiger partial charge is 0.251 e. The average molecular weight is 432 g/mol. The zero-order valence-corrected chi connectivity index (χ0v) is 18.6. The summed E-state index contributed by atoms with van der Waals surface area (Å²) in [5, 5.41) is 3.61. The number of halogens is 1. The van der Waals surface area contributed by atoms with E-state index in [4.69, 9.17) is 16.6 Å². The van der Waals surface area contributed by atoms with Crippen molar-refractivity contribution in [2.45, 2.75) is 39.7 Å². The molecule has 5 heteroatoms. The number of hydrogen-bond acceptors (Lipinski definition) is 2. The number of nitrogens with one attached hydrogen (secondary N) is 1. The monoisotopic (exact) mass is 431 g/mol. The van der Waals surface area contributed by atoms with Crippen molar-refractivity contribution in [1.29, 1.82) is 0 Å². The van der Waals surface area contributed by atoms with Gasteiger partial charge in [-0.05, 0) is 60.9 Å². The number of benzene rings is 3. The number of aryl methyl sites for hydroxylation is 2. The molecule has 0 aliphatic rings. The Labute approximate surface area is 187 Å². The first-order valence-electron chi connectivity index (χ1n) is 10.7. The van der Waals surface area contributed by atoms with Crippen LogP contribution in [-0.4, -0.2) is 15.5 Å². The van der Waals surface area contributed by atoms with E-state index >= 15 is 0 Å². The molecule has 3 aromatic carbocycles. The van der Waals surface area contributed by atoms with Gasteiger partial charge in [0.25, 0.3) is 5.91 Å². The maximum absolute atomic E-state index is 12.8.